The average Bonchev–Trinajstić information content (AvgIpc) is 2.23. The van der Waals surface area contributed by atoms with Gasteiger partial charge in [0.1, 0.15) is 5.78 Å². The van der Waals surface area contributed by atoms with Crippen molar-refractivity contribution in [3.8, 4) is 0 Å². The van der Waals surface area contributed by atoms with Gasteiger partial charge in [0, 0.05) is 15.8 Å². The van der Waals surface area contributed by atoms with Crippen LogP contribution in [0.2, 0.25) is 0 Å². The molecule has 0 bridgehead atoms. The van der Waals surface area contributed by atoms with Gasteiger partial charge in [-0.15, -0.1) is 18.3 Å². The Labute approximate surface area is 109 Å². The summed E-state index contributed by atoms with van der Waals surface area (Å²) in [5.41, 5.74) is 1.07. The first-order valence-electron chi connectivity index (χ1n) is 5.12. The lowest BCUT2D eigenvalue weighted by atomic mass is 10.1. The van der Waals surface area contributed by atoms with E-state index in [1.165, 1.54) is 0 Å². The highest BCUT2D eigenvalue weighted by Crippen LogP contribution is 2.22. The topological polar surface area (TPSA) is 17.1 Å². The largest absolute Gasteiger partial charge is 0.299 e. The molecule has 1 aromatic carbocycles. The second-order valence-corrected chi connectivity index (χ2v) is 5.71. The van der Waals surface area contributed by atoms with E-state index in [0.717, 1.165) is 21.4 Å². The van der Waals surface area contributed by atoms with Crippen LogP contribution < -0.4 is 0 Å². The molecule has 0 spiro atoms. The number of allylic oxidation sites excluding steroid dienone is 1. The summed E-state index contributed by atoms with van der Waals surface area (Å²) in [7, 11) is 0. The molecule has 0 unspecified atom stereocenters. The summed E-state index contributed by atoms with van der Waals surface area (Å²) in [4.78, 5) is 12.7. The number of thioether (sulfide) groups is 1. The summed E-state index contributed by atoms with van der Waals surface area (Å²) in [6, 6.07) is 8.00. The second kappa shape index (κ2) is 6.92. The van der Waals surface area contributed by atoms with Crippen molar-refractivity contribution < 1.29 is 4.79 Å². The summed E-state index contributed by atoms with van der Waals surface area (Å²) in [6.45, 7) is 5.74. The van der Waals surface area contributed by atoms with Crippen LogP contribution >= 0.6 is 27.7 Å². The van der Waals surface area contributed by atoms with E-state index in [0.29, 0.717) is 12.2 Å². The number of hydrogen-bond donors (Lipinski definition) is 0. The third-order valence-electron chi connectivity index (χ3n) is 2.03. The van der Waals surface area contributed by atoms with Gasteiger partial charge in [-0.05, 0) is 31.5 Å². The van der Waals surface area contributed by atoms with Crippen LogP contribution in [0.25, 0.3) is 0 Å². The lowest BCUT2D eigenvalue weighted by Crippen LogP contribution is -2.00. The van der Waals surface area contributed by atoms with Crippen LogP contribution in [-0.2, 0) is 4.79 Å². The van der Waals surface area contributed by atoms with Crippen molar-refractivity contribution >= 4 is 33.5 Å². The van der Waals surface area contributed by atoms with E-state index in [1.807, 2.05) is 31.2 Å². The number of carbonyl (C=O) groups is 1. The van der Waals surface area contributed by atoms with Gasteiger partial charge in [-0.25, -0.2) is 0 Å². The predicted octanol–water partition coefficient (Wildman–Crippen LogP) is 4.47. The van der Waals surface area contributed by atoms with Crippen LogP contribution in [0.4, 0.5) is 0 Å². The van der Waals surface area contributed by atoms with Gasteiger partial charge in [0.15, 0.2) is 0 Å². The third kappa shape index (κ3) is 5.52. The maximum Gasteiger partial charge on any atom is 0.143 e. The quantitative estimate of drug-likeness (QED) is 0.569. The number of ketones is 1. The Balaban J connectivity index is 2.34. The number of hydrogen-bond acceptors (Lipinski definition) is 2. The van der Waals surface area contributed by atoms with Gasteiger partial charge in [0.05, 0.1) is 5.75 Å². The van der Waals surface area contributed by atoms with Gasteiger partial charge in [-0.3, -0.25) is 4.79 Å². The molecule has 0 N–H and O–H groups in total. The fourth-order valence-corrected chi connectivity index (χ4v) is 2.55. The lowest BCUT2D eigenvalue weighted by Gasteiger charge is -2.02. The molecule has 1 aromatic rings. The van der Waals surface area contributed by atoms with Crippen LogP contribution in [0, 0.1) is 0 Å². The van der Waals surface area contributed by atoms with Crippen molar-refractivity contribution in [1.29, 1.82) is 0 Å². The van der Waals surface area contributed by atoms with E-state index in [1.54, 1.807) is 11.8 Å². The Hall–Kier alpha value is -0.540. The molecule has 0 aromatic heterocycles. The highest BCUT2D eigenvalue weighted by Gasteiger charge is 2.03. The van der Waals surface area contributed by atoms with E-state index in [4.69, 9.17) is 0 Å². The molecule has 0 saturated carbocycles. The van der Waals surface area contributed by atoms with Crippen LogP contribution in [-0.4, -0.2) is 11.5 Å². The molecular formula is C13H15BrOS. The minimum absolute atomic E-state index is 0.285. The summed E-state index contributed by atoms with van der Waals surface area (Å²) in [5, 5.41) is 0. The Bertz CT molecular complexity index is 387. The van der Waals surface area contributed by atoms with Gasteiger partial charge in [0.2, 0.25) is 0 Å². The fourth-order valence-electron chi connectivity index (χ4n) is 1.15. The number of Topliss-reactive ketones (excluding diaryl/α,β-unsaturated/α-hetero) is 1. The molecule has 1 nitrogen and oxygen atoms in total. The first-order chi connectivity index (χ1) is 7.58. The zero-order valence-corrected chi connectivity index (χ0v) is 11.7. The average molecular weight is 299 g/mol. The van der Waals surface area contributed by atoms with Crippen LogP contribution in [0.5, 0.6) is 0 Å². The molecule has 0 heterocycles. The van der Waals surface area contributed by atoms with E-state index in [-0.39, 0.29) is 5.78 Å². The molecule has 0 atom stereocenters. The number of halogens is 1. The molecule has 0 fully saturated rings. The monoisotopic (exact) mass is 298 g/mol. The molecule has 16 heavy (non-hydrogen) atoms. The Kier molecular flexibility index (Phi) is 5.85. The lowest BCUT2D eigenvalue weighted by molar-refractivity contribution is -0.116. The number of carbonyl (C=O) groups excluding carboxylic acids is 1. The highest BCUT2D eigenvalue weighted by atomic mass is 79.9. The zero-order valence-electron chi connectivity index (χ0n) is 9.33. The van der Waals surface area contributed by atoms with Crippen molar-refractivity contribution in [2.75, 3.05) is 5.75 Å². The molecule has 0 radical (unpaired) electrons. The molecule has 0 aliphatic heterocycles. The Morgan fingerprint density at radius 2 is 2.19 bits per heavy atom. The van der Waals surface area contributed by atoms with Crippen LogP contribution in [0.1, 0.15) is 19.8 Å². The van der Waals surface area contributed by atoms with Gasteiger partial charge < -0.3 is 0 Å². The van der Waals surface area contributed by atoms with Crippen molar-refractivity contribution in [1.82, 2.24) is 0 Å². The van der Waals surface area contributed by atoms with E-state index in [9.17, 15) is 4.79 Å². The van der Waals surface area contributed by atoms with Crippen molar-refractivity contribution in [2.45, 2.75) is 24.7 Å². The summed E-state index contributed by atoms with van der Waals surface area (Å²) in [6.07, 6.45) is 1.41. The third-order valence-corrected chi connectivity index (χ3v) is 3.57. The molecular weight excluding hydrogens is 284 g/mol. The minimum atomic E-state index is 0.285. The smallest absolute Gasteiger partial charge is 0.143 e. The molecule has 0 aliphatic carbocycles. The van der Waals surface area contributed by atoms with Crippen molar-refractivity contribution in [3.05, 3.63) is 40.9 Å². The second-order valence-electron chi connectivity index (χ2n) is 3.74. The van der Waals surface area contributed by atoms with Crippen LogP contribution in [0.15, 0.2) is 45.8 Å². The predicted molar refractivity (Wildman–Crippen MR) is 73.9 cm³/mol. The highest BCUT2D eigenvalue weighted by molar-refractivity contribution is 9.10. The van der Waals surface area contributed by atoms with Crippen molar-refractivity contribution in [3.63, 3.8) is 0 Å². The number of benzene rings is 1. The van der Waals surface area contributed by atoms with Gasteiger partial charge in [-0.1, -0.05) is 27.6 Å². The molecule has 1 rings (SSSR count). The summed E-state index contributed by atoms with van der Waals surface area (Å²) in [5.74, 6) is 0.831. The van der Waals surface area contributed by atoms with Gasteiger partial charge in [0.25, 0.3) is 0 Å². The van der Waals surface area contributed by atoms with Gasteiger partial charge >= 0.3 is 0 Å². The van der Waals surface area contributed by atoms with Crippen LogP contribution in [0.3, 0.4) is 0 Å². The molecule has 86 valence electrons. The first kappa shape index (κ1) is 13.5. The first-order valence-corrected chi connectivity index (χ1v) is 6.90. The standard InChI is InChI=1S/C13H15BrOS/c1-10(2)6-7-12(15)9-16-13-5-3-4-11(14)8-13/h3-5,8H,1,6-7,9H2,2H3. The Morgan fingerprint density at radius 1 is 1.44 bits per heavy atom. The Morgan fingerprint density at radius 3 is 2.81 bits per heavy atom. The van der Waals surface area contributed by atoms with E-state index >= 15 is 0 Å². The molecule has 0 saturated heterocycles. The maximum absolute atomic E-state index is 11.5. The minimum Gasteiger partial charge on any atom is -0.299 e. The number of rotatable bonds is 6. The molecule has 0 amide bonds. The van der Waals surface area contributed by atoms with Gasteiger partial charge in [-0.2, -0.15) is 0 Å². The normalized spacial score (nSPS) is 10.1. The fraction of sp³-hybridized carbons (Fsp3) is 0.308. The van der Waals surface area contributed by atoms with E-state index < -0.39 is 0 Å². The SMILES string of the molecule is C=C(C)CCC(=O)CSc1cccc(Br)c1. The molecule has 0 aliphatic rings. The summed E-state index contributed by atoms with van der Waals surface area (Å²) < 4.78 is 1.05. The maximum atomic E-state index is 11.5. The molecule has 3 heteroatoms. The zero-order chi connectivity index (χ0) is 12.0. The van der Waals surface area contributed by atoms with E-state index in [2.05, 4.69) is 22.5 Å². The summed E-state index contributed by atoms with van der Waals surface area (Å²) >= 11 is 4.99. The van der Waals surface area contributed by atoms with Crippen molar-refractivity contribution in [2.24, 2.45) is 0 Å².